The number of aromatic nitrogens is 1. The molecule has 0 aliphatic heterocycles. The second-order valence-electron chi connectivity index (χ2n) is 6.47. The molecule has 0 bridgehead atoms. The van der Waals surface area contributed by atoms with Crippen molar-refractivity contribution in [2.24, 2.45) is 0 Å². The number of nitrogens with zero attached hydrogens (tertiary/aromatic N) is 2. The summed E-state index contributed by atoms with van der Waals surface area (Å²) in [5, 5.41) is 3.01. The molecule has 0 saturated carbocycles. The number of sulfonamides is 1. The van der Waals surface area contributed by atoms with Crippen LogP contribution >= 0.6 is 23.2 Å². The first-order valence-electron chi connectivity index (χ1n) is 9.01. The number of hydrogen-bond donors (Lipinski definition) is 1. The predicted molar refractivity (Wildman–Crippen MR) is 117 cm³/mol. The maximum atomic E-state index is 13.3. The summed E-state index contributed by atoms with van der Waals surface area (Å²) in [5.74, 6) is -0.440. The third-order valence-corrected chi connectivity index (χ3v) is 6.78. The molecule has 0 radical (unpaired) electrons. The van der Waals surface area contributed by atoms with E-state index in [1.165, 1.54) is 18.2 Å². The van der Waals surface area contributed by atoms with E-state index in [4.69, 9.17) is 23.2 Å². The highest BCUT2D eigenvalue weighted by Crippen LogP contribution is 2.28. The summed E-state index contributed by atoms with van der Waals surface area (Å²) in [5.41, 5.74) is 1.59. The van der Waals surface area contributed by atoms with Crippen molar-refractivity contribution in [2.75, 3.05) is 6.54 Å². The number of halogens is 2. The number of benzene rings is 2. The van der Waals surface area contributed by atoms with Crippen LogP contribution in [0.4, 0.5) is 0 Å². The molecule has 1 heterocycles. The van der Waals surface area contributed by atoms with Crippen LogP contribution in [0.3, 0.4) is 0 Å². The lowest BCUT2D eigenvalue weighted by molar-refractivity contribution is -0.121. The second-order valence-corrected chi connectivity index (χ2v) is 9.22. The first-order valence-corrected chi connectivity index (χ1v) is 11.2. The zero-order valence-corrected chi connectivity index (χ0v) is 18.2. The molecule has 6 nitrogen and oxygen atoms in total. The van der Waals surface area contributed by atoms with Crippen LogP contribution in [-0.4, -0.2) is 30.2 Å². The molecule has 0 saturated heterocycles. The lowest BCUT2D eigenvalue weighted by atomic mass is 10.2. The molecule has 1 amide bonds. The fourth-order valence-corrected chi connectivity index (χ4v) is 4.87. The van der Waals surface area contributed by atoms with Gasteiger partial charge < -0.3 is 5.32 Å². The van der Waals surface area contributed by atoms with Crippen LogP contribution in [0.15, 0.2) is 78.0 Å². The highest BCUT2D eigenvalue weighted by Gasteiger charge is 2.29. The number of hydrogen-bond acceptors (Lipinski definition) is 4. The van der Waals surface area contributed by atoms with E-state index in [-0.39, 0.29) is 34.6 Å². The van der Waals surface area contributed by atoms with E-state index < -0.39 is 15.9 Å². The summed E-state index contributed by atoms with van der Waals surface area (Å²) in [6.45, 7) is -0.0989. The maximum absolute atomic E-state index is 13.3. The van der Waals surface area contributed by atoms with Crippen LogP contribution in [0.2, 0.25) is 10.0 Å². The molecule has 1 aromatic heterocycles. The molecule has 9 heteroatoms. The third-order valence-electron chi connectivity index (χ3n) is 4.27. The minimum Gasteiger partial charge on any atom is -0.351 e. The Morgan fingerprint density at radius 3 is 2.37 bits per heavy atom. The number of amides is 1. The standard InChI is InChI=1S/C21H19Cl2N3O3S/c22-18-6-7-19(23)20(12-18)30(28,29)26(14-17-4-2-1-3-5-17)15-21(27)25-13-16-8-10-24-11-9-16/h1-12H,13-15H2,(H,25,27). The molecule has 3 aromatic rings. The van der Waals surface area contributed by atoms with E-state index >= 15 is 0 Å². The Morgan fingerprint density at radius 2 is 1.67 bits per heavy atom. The molecular formula is C21H19Cl2N3O3S. The van der Waals surface area contributed by atoms with Crippen LogP contribution in [-0.2, 0) is 27.9 Å². The van der Waals surface area contributed by atoms with E-state index in [2.05, 4.69) is 10.3 Å². The van der Waals surface area contributed by atoms with E-state index in [1.54, 1.807) is 48.8 Å². The topological polar surface area (TPSA) is 79.4 Å². The second kappa shape index (κ2) is 10.0. The number of pyridine rings is 1. The Labute approximate surface area is 185 Å². The van der Waals surface area contributed by atoms with Crippen molar-refractivity contribution in [2.45, 2.75) is 18.0 Å². The molecule has 0 aliphatic carbocycles. The van der Waals surface area contributed by atoms with Gasteiger partial charge in [0.15, 0.2) is 0 Å². The molecule has 0 unspecified atom stereocenters. The number of rotatable bonds is 8. The summed E-state index contributed by atoms with van der Waals surface area (Å²) in [6.07, 6.45) is 3.24. The van der Waals surface area contributed by atoms with Crippen LogP contribution in [0.5, 0.6) is 0 Å². The van der Waals surface area contributed by atoms with Gasteiger partial charge in [-0.1, -0.05) is 53.5 Å². The van der Waals surface area contributed by atoms with Crippen molar-refractivity contribution in [3.05, 3.63) is 94.2 Å². The molecular weight excluding hydrogens is 445 g/mol. The Hall–Kier alpha value is -2.45. The van der Waals surface area contributed by atoms with Crippen LogP contribution in [0.25, 0.3) is 0 Å². The Kier molecular flexibility index (Phi) is 7.44. The first kappa shape index (κ1) is 22.2. The van der Waals surface area contributed by atoms with Crippen LogP contribution in [0.1, 0.15) is 11.1 Å². The molecule has 30 heavy (non-hydrogen) atoms. The summed E-state index contributed by atoms with van der Waals surface area (Å²) >= 11 is 12.1. The highest BCUT2D eigenvalue weighted by atomic mass is 35.5. The minimum atomic E-state index is -4.08. The minimum absolute atomic E-state index is 0.00862. The van der Waals surface area contributed by atoms with Crippen LogP contribution < -0.4 is 5.32 Å². The van der Waals surface area contributed by atoms with Gasteiger partial charge in [-0.25, -0.2) is 8.42 Å². The summed E-state index contributed by atoms with van der Waals surface area (Å²) in [7, 11) is -4.08. The number of carbonyl (C=O) groups excluding carboxylic acids is 1. The number of carbonyl (C=O) groups is 1. The Balaban J connectivity index is 1.84. The van der Waals surface area contributed by atoms with Crippen molar-refractivity contribution in [3.63, 3.8) is 0 Å². The summed E-state index contributed by atoms with van der Waals surface area (Å²) in [4.78, 5) is 16.3. The first-order chi connectivity index (χ1) is 14.4. The van der Waals surface area contributed by atoms with Crippen molar-refractivity contribution in [1.29, 1.82) is 0 Å². The molecule has 3 rings (SSSR count). The molecule has 156 valence electrons. The Morgan fingerprint density at radius 1 is 0.967 bits per heavy atom. The van der Waals surface area contributed by atoms with Gasteiger partial charge in [-0.15, -0.1) is 0 Å². The zero-order valence-electron chi connectivity index (χ0n) is 15.8. The average Bonchev–Trinajstić information content (AvgIpc) is 2.75. The summed E-state index contributed by atoms with van der Waals surface area (Å²) in [6, 6.07) is 16.8. The lowest BCUT2D eigenvalue weighted by Crippen LogP contribution is -2.40. The van der Waals surface area contributed by atoms with Crippen LogP contribution in [0, 0.1) is 0 Å². The number of nitrogens with one attached hydrogen (secondary N) is 1. The van der Waals surface area contributed by atoms with Crippen molar-refractivity contribution >= 4 is 39.1 Å². The van der Waals surface area contributed by atoms with Gasteiger partial charge in [0.05, 0.1) is 11.6 Å². The van der Waals surface area contributed by atoms with Gasteiger partial charge in [0.25, 0.3) is 0 Å². The van der Waals surface area contributed by atoms with Gasteiger partial charge in [-0.2, -0.15) is 4.31 Å². The molecule has 0 aliphatic rings. The molecule has 0 fully saturated rings. The normalized spacial score (nSPS) is 11.4. The fraction of sp³-hybridized carbons (Fsp3) is 0.143. The monoisotopic (exact) mass is 463 g/mol. The molecule has 2 aromatic carbocycles. The van der Waals surface area contributed by atoms with Crippen molar-refractivity contribution < 1.29 is 13.2 Å². The van der Waals surface area contributed by atoms with Gasteiger partial charge in [0, 0.05) is 30.5 Å². The SMILES string of the molecule is O=C(CN(Cc1ccccc1)S(=O)(=O)c1cc(Cl)ccc1Cl)NCc1ccncc1. The lowest BCUT2D eigenvalue weighted by Gasteiger charge is -2.22. The van der Waals surface area contributed by atoms with Crippen molar-refractivity contribution in [3.8, 4) is 0 Å². The predicted octanol–water partition coefficient (Wildman–Crippen LogP) is 3.90. The largest absolute Gasteiger partial charge is 0.351 e. The van der Waals surface area contributed by atoms with Crippen molar-refractivity contribution in [1.82, 2.24) is 14.6 Å². The van der Waals surface area contributed by atoms with E-state index in [9.17, 15) is 13.2 Å². The fourth-order valence-electron chi connectivity index (χ4n) is 2.74. The molecule has 0 spiro atoms. The van der Waals surface area contributed by atoms with E-state index in [0.29, 0.717) is 0 Å². The third kappa shape index (κ3) is 5.79. The Bertz CT molecular complexity index is 1110. The van der Waals surface area contributed by atoms with Gasteiger partial charge in [0.2, 0.25) is 15.9 Å². The maximum Gasteiger partial charge on any atom is 0.245 e. The van der Waals surface area contributed by atoms with Gasteiger partial charge in [0.1, 0.15) is 4.90 Å². The molecule has 0 atom stereocenters. The van der Waals surface area contributed by atoms with E-state index in [1.807, 2.05) is 6.07 Å². The van der Waals surface area contributed by atoms with Gasteiger partial charge in [-0.3, -0.25) is 9.78 Å². The quantitative estimate of drug-likeness (QED) is 0.549. The smallest absolute Gasteiger partial charge is 0.245 e. The van der Waals surface area contributed by atoms with E-state index in [0.717, 1.165) is 15.4 Å². The molecule has 1 N–H and O–H groups in total. The average molecular weight is 464 g/mol. The zero-order chi connectivity index (χ0) is 21.6. The summed E-state index contributed by atoms with van der Waals surface area (Å²) < 4.78 is 27.7. The highest BCUT2D eigenvalue weighted by molar-refractivity contribution is 7.89. The van der Waals surface area contributed by atoms with Gasteiger partial charge >= 0.3 is 0 Å². The van der Waals surface area contributed by atoms with Gasteiger partial charge in [-0.05, 0) is 41.5 Å².